The molecule has 1 aromatic heterocycles. The van der Waals surface area contributed by atoms with E-state index in [0.29, 0.717) is 17.9 Å². The third-order valence-corrected chi connectivity index (χ3v) is 6.82. The number of nitrogens with one attached hydrogen (secondary N) is 1. The molecule has 33 heavy (non-hydrogen) atoms. The highest BCUT2D eigenvalue weighted by molar-refractivity contribution is 7.89. The number of rotatable bonds is 10. The van der Waals surface area contributed by atoms with Crippen LogP contribution in [-0.2, 0) is 14.8 Å². The van der Waals surface area contributed by atoms with Crippen molar-refractivity contribution in [2.24, 2.45) is 0 Å². The van der Waals surface area contributed by atoms with Gasteiger partial charge in [-0.2, -0.15) is 0 Å². The van der Waals surface area contributed by atoms with E-state index in [0.717, 1.165) is 11.3 Å². The minimum absolute atomic E-state index is 0.170. The zero-order chi connectivity index (χ0) is 23.7. The van der Waals surface area contributed by atoms with Crippen LogP contribution in [0.4, 0.5) is 5.69 Å². The number of nitrogens with zero attached hydrogens (tertiary/aromatic N) is 2. The Morgan fingerprint density at radius 2 is 1.85 bits per heavy atom. The van der Waals surface area contributed by atoms with Crippen LogP contribution in [-0.4, -0.2) is 44.3 Å². The minimum atomic E-state index is -3.62. The third-order valence-electron chi connectivity index (χ3n) is 4.95. The van der Waals surface area contributed by atoms with Gasteiger partial charge in [-0.25, -0.2) is 12.7 Å². The zero-order valence-electron chi connectivity index (χ0n) is 18.6. The van der Waals surface area contributed by atoms with E-state index in [2.05, 4.69) is 10.3 Å². The lowest BCUT2D eigenvalue weighted by atomic mass is 10.1. The van der Waals surface area contributed by atoms with E-state index >= 15 is 0 Å². The summed E-state index contributed by atoms with van der Waals surface area (Å²) >= 11 is 0. The summed E-state index contributed by atoms with van der Waals surface area (Å²) in [6.45, 7) is 0.231. The SMILES string of the molecule is COc1ccc(S(=O)(=O)N(C)CCCC(=O)Nc2cccc(/C=C/c3ccccn3)c2)cc1. The van der Waals surface area contributed by atoms with Crippen molar-refractivity contribution >= 4 is 33.8 Å². The maximum Gasteiger partial charge on any atom is 0.242 e. The number of pyridine rings is 1. The van der Waals surface area contributed by atoms with Crippen LogP contribution in [0.25, 0.3) is 12.2 Å². The van der Waals surface area contributed by atoms with Crippen molar-refractivity contribution in [1.82, 2.24) is 9.29 Å². The number of amides is 1. The van der Waals surface area contributed by atoms with Crippen LogP contribution in [0.2, 0.25) is 0 Å². The number of hydrogen-bond acceptors (Lipinski definition) is 5. The Bertz CT molecular complexity index is 1190. The fraction of sp³-hybridized carbons (Fsp3) is 0.200. The van der Waals surface area contributed by atoms with Crippen molar-refractivity contribution in [3.8, 4) is 5.75 Å². The number of aromatic nitrogens is 1. The average Bonchev–Trinajstić information content (AvgIpc) is 2.83. The number of benzene rings is 2. The Morgan fingerprint density at radius 1 is 1.06 bits per heavy atom. The second kappa shape index (κ2) is 11.4. The lowest BCUT2D eigenvalue weighted by Gasteiger charge is -2.17. The van der Waals surface area contributed by atoms with Gasteiger partial charge >= 0.3 is 0 Å². The van der Waals surface area contributed by atoms with Gasteiger partial charge in [-0.3, -0.25) is 9.78 Å². The molecule has 3 rings (SSSR count). The molecule has 0 aliphatic rings. The molecule has 0 spiro atoms. The Morgan fingerprint density at radius 3 is 2.55 bits per heavy atom. The van der Waals surface area contributed by atoms with Gasteiger partial charge in [0.25, 0.3) is 0 Å². The van der Waals surface area contributed by atoms with Gasteiger partial charge in [-0.05, 0) is 66.6 Å². The van der Waals surface area contributed by atoms with E-state index in [1.165, 1.54) is 30.6 Å². The maximum absolute atomic E-state index is 12.7. The molecule has 172 valence electrons. The molecule has 0 atom stereocenters. The largest absolute Gasteiger partial charge is 0.497 e. The smallest absolute Gasteiger partial charge is 0.242 e. The molecule has 0 saturated carbocycles. The highest BCUT2D eigenvalue weighted by Gasteiger charge is 2.20. The van der Waals surface area contributed by atoms with Gasteiger partial charge in [0.1, 0.15) is 5.75 Å². The normalized spacial score (nSPS) is 11.6. The summed E-state index contributed by atoms with van der Waals surface area (Å²) in [5.74, 6) is 0.417. The molecule has 0 aliphatic carbocycles. The summed E-state index contributed by atoms with van der Waals surface area (Å²) in [6.07, 6.45) is 6.17. The number of ether oxygens (including phenoxy) is 1. The van der Waals surface area contributed by atoms with Gasteiger partial charge in [0.2, 0.25) is 15.9 Å². The highest BCUT2D eigenvalue weighted by atomic mass is 32.2. The topological polar surface area (TPSA) is 88.6 Å². The van der Waals surface area contributed by atoms with Crippen LogP contribution in [0.3, 0.4) is 0 Å². The van der Waals surface area contributed by atoms with Crippen molar-refractivity contribution in [3.05, 3.63) is 84.2 Å². The summed E-state index contributed by atoms with van der Waals surface area (Å²) in [5.41, 5.74) is 2.46. The van der Waals surface area contributed by atoms with E-state index in [-0.39, 0.29) is 23.8 Å². The summed E-state index contributed by atoms with van der Waals surface area (Å²) in [5, 5.41) is 2.87. The minimum Gasteiger partial charge on any atom is -0.497 e. The molecule has 2 aromatic carbocycles. The molecule has 7 nitrogen and oxygen atoms in total. The Hall–Kier alpha value is -3.49. The van der Waals surface area contributed by atoms with Crippen molar-refractivity contribution in [2.75, 3.05) is 26.0 Å². The van der Waals surface area contributed by atoms with E-state index in [1.54, 1.807) is 18.3 Å². The van der Waals surface area contributed by atoms with Crippen molar-refractivity contribution in [3.63, 3.8) is 0 Å². The van der Waals surface area contributed by atoms with Crippen molar-refractivity contribution in [1.29, 1.82) is 0 Å². The van der Waals surface area contributed by atoms with Gasteiger partial charge in [0.15, 0.2) is 0 Å². The van der Waals surface area contributed by atoms with Gasteiger partial charge in [-0.15, -0.1) is 0 Å². The summed E-state index contributed by atoms with van der Waals surface area (Å²) in [4.78, 5) is 16.8. The molecule has 0 saturated heterocycles. The summed E-state index contributed by atoms with van der Waals surface area (Å²) in [6, 6.07) is 19.4. The fourth-order valence-corrected chi connectivity index (χ4v) is 4.32. The molecular formula is C25H27N3O4S. The van der Waals surface area contributed by atoms with Gasteiger partial charge < -0.3 is 10.1 Å². The first-order chi connectivity index (χ1) is 15.9. The predicted octanol–water partition coefficient (Wildman–Crippen LogP) is 4.30. The van der Waals surface area contributed by atoms with Crippen LogP contribution in [0.5, 0.6) is 5.75 Å². The summed E-state index contributed by atoms with van der Waals surface area (Å²) < 4.78 is 31.7. The molecule has 0 fully saturated rings. The van der Waals surface area contributed by atoms with E-state index < -0.39 is 10.0 Å². The molecule has 0 bridgehead atoms. The molecule has 1 amide bonds. The van der Waals surface area contributed by atoms with Gasteiger partial charge in [0.05, 0.1) is 17.7 Å². The van der Waals surface area contributed by atoms with E-state index in [4.69, 9.17) is 4.74 Å². The highest BCUT2D eigenvalue weighted by Crippen LogP contribution is 2.19. The second-order valence-electron chi connectivity index (χ2n) is 7.37. The van der Waals surface area contributed by atoms with Crippen LogP contribution in [0.15, 0.2) is 77.8 Å². The quantitative estimate of drug-likeness (QED) is 0.482. The van der Waals surface area contributed by atoms with E-state index in [9.17, 15) is 13.2 Å². The van der Waals surface area contributed by atoms with Gasteiger partial charge in [-0.1, -0.05) is 24.3 Å². The molecule has 0 radical (unpaired) electrons. The Kier molecular flexibility index (Phi) is 8.34. The number of methoxy groups -OCH3 is 1. The standard InChI is InChI=1S/C25H27N3O4S/c1-28(33(30,31)24-15-13-23(32-2)14-16-24)18-6-10-25(29)27-22-9-5-7-20(19-22)11-12-21-8-3-4-17-26-21/h3-5,7-9,11-17,19H,6,10,18H2,1-2H3,(H,27,29)/b12-11+. The first-order valence-electron chi connectivity index (χ1n) is 10.5. The van der Waals surface area contributed by atoms with Crippen molar-refractivity contribution in [2.45, 2.75) is 17.7 Å². The Labute approximate surface area is 194 Å². The molecule has 0 unspecified atom stereocenters. The molecule has 1 N–H and O–H groups in total. The van der Waals surface area contributed by atoms with Crippen LogP contribution >= 0.6 is 0 Å². The number of anilines is 1. The average molecular weight is 466 g/mol. The van der Waals surface area contributed by atoms with Crippen LogP contribution < -0.4 is 10.1 Å². The Balaban J connectivity index is 1.50. The zero-order valence-corrected chi connectivity index (χ0v) is 19.5. The fourth-order valence-electron chi connectivity index (χ4n) is 3.11. The molecule has 1 heterocycles. The third kappa shape index (κ3) is 7.00. The van der Waals surface area contributed by atoms with Crippen LogP contribution in [0.1, 0.15) is 24.1 Å². The summed E-state index contributed by atoms with van der Waals surface area (Å²) in [7, 11) is -0.590. The first kappa shape index (κ1) is 24.2. The predicted molar refractivity (Wildman–Crippen MR) is 130 cm³/mol. The van der Waals surface area contributed by atoms with Crippen LogP contribution in [0, 0.1) is 0 Å². The molecule has 0 aliphatic heterocycles. The molecular weight excluding hydrogens is 438 g/mol. The molecule has 8 heteroatoms. The number of carbonyl (C=O) groups excluding carboxylic acids is 1. The number of carbonyl (C=O) groups is 1. The number of sulfonamides is 1. The van der Waals surface area contributed by atoms with E-state index in [1.807, 2.05) is 54.6 Å². The second-order valence-corrected chi connectivity index (χ2v) is 9.41. The number of hydrogen-bond donors (Lipinski definition) is 1. The first-order valence-corrected chi connectivity index (χ1v) is 11.9. The maximum atomic E-state index is 12.7. The lowest BCUT2D eigenvalue weighted by Crippen LogP contribution is -2.28. The van der Waals surface area contributed by atoms with Gasteiger partial charge in [0, 0.05) is 31.9 Å². The van der Waals surface area contributed by atoms with Crippen molar-refractivity contribution < 1.29 is 17.9 Å². The molecule has 3 aromatic rings. The lowest BCUT2D eigenvalue weighted by molar-refractivity contribution is -0.116. The monoisotopic (exact) mass is 465 g/mol.